The van der Waals surface area contributed by atoms with Crippen molar-refractivity contribution < 1.29 is 23.8 Å². The van der Waals surface area contributed by atoms with Crippen LogP contribution in [0.3, 0.4) is 0 Å². The summed E-state index contributed by atoms with van der Waals surface area (Å²) < 4.78 is 15.8. The van der Waals surface area contributed by atoms with Gasteiger partial charge in [-0.05, 0) is 24.3 Å². The van der Waals surface area contributed by atoms with Crippen LogP contribution in [0.2, 0.25) is 5.02 Å². The lowest BCUT2D eigenvalue weighted by Gasteiger charge is -2.13. The molecule has 0 aliphatic heterocycles. The predicted octanol–water partition coefficient (Wildman–Crippen LogP) is 4.04. The molecule has 0 bridgehead atoms. The Kier molecular flexibility index (Phi) is 5.42. The third-order valence-electron chi connectivity index (χ3n) is 3.81. The van der Waals surface area contributed by atoms with Crippen LogP contribution in [0.4, 0.5) is 5.69 Å². The molecule has 0 radical (unpaired) electrons. The van der Waals surface area contributed by atoms with E-state index in [1.165, 1.54) is 26.4 Å². The summed E-state index contributed by atoms with van der Waals surface area (Å²) in [5.41, 5.74) is 1.35. The summed E-state index contributed by atoms with van der Waals surface area (Å²) in [5.74, 6) is 0.877. The summed E-state index contributed by atoms with van der Waals surface area (Å²) in [5, 5.41) is 3.46. The minimum absolute atomic E-state index is 0.211. The molecule has 1 heterocycles. The van der Waals surface area contributed by atoms with Gasteiger partial charge in [0.25, 0.3) is 0 Å². The largest absolute Gasteiger partial charge is 0.494 e. The molecule has 0 unspecified atom stereocenters. The first-order valence-electron chi connectivity index (χ1n) is 7.80. The molecular formula is C19H15ClN2O5. The molecule has 3 rings (SSSR count). The number of fused-ring (bicyclic) bond motifs is 1. The number of pyridine rings is 1. The topological polar surface area (TPSA) is 86.8 Å². The van der Waals surface area contributed by atoms with Crippen LogP contribution in [0.25, 0.3) is 10.9 Å². The van der Waals surface area contributed by atoms with Crippen LogP contribution in [0, 0.1) is 0 Å². The van der Waals surface area contributed by atoms with Gasteiger partial charge in [-0.1, -0.05) is 11.6 Å². The average Bonchev–Trinajstić information content (AvgIpc) is 2.67. The normalized spacial score (nSPS) is 10.3. The van der Waals surface area contributed by atoms with Gasteiger partial charge in [0, 0.05) is 23.7 Å². The standard InChI is InChI=1S/C19H15ClN2O5/c1-25-18-9-15-13(8-16(18)22-10-23)17(5-6-21-15)27-11-3-4-12(14(20)7-11)19(24)26-2/h3-10H,1-2H3,(H,22,23). The van der Waals surface area contributed by atoms with Crippen LogP contribution in [0.15, 0.2) is 42.6 Å². The molecular weight excluding hydrogens is 372 g/mol. The number of hydrogen-bond donors (Lipinski definition) is 1. The summed E-state index contributed by atoms with van der Waals surface area (Å²) in [6.07, 6.45) is 2.15. The first kappa shape index (κ1) is 18.5. The lowest BCUT2D eigenvalue weighted by molar-refractivity contribution is -0.105. The van der Waals surface area contributed by atoms with Crippen molar-refractivity contribution >= 4 is 40.6 Å². The number of carbonyl (C=O) groups excluding carboxylic acids is 2. The van der Waals surface area contributed by atoms with E-state index < -0.39 is 5.97 Å². The van der Waals surface area contributed by atoms with Gasteiger partial charge in [0.1, 0.15) is 17.2 Å². The Labute approximate surface area is 159 Å². The van der Waals surface area contributed by atoms with Crippen LogP contribution < -0.4 is 14.8 Å². The number of anilines is 1. The van der Waals surface area contributed by atoms with Gasteiger partial charge in [0.2, 0.25) is 6.41 Å². The van der Waals surface area contributed by atoms with Crippen molar-refractivity contribution in [2.45, 2.75) is 0 Å². The highest BCUT2D eigenvalue weighted by atomic mass is 35.5. The third kappa shape index (κ3) is 3.78. The Morgan fingerprint density at radius 1 is 1.15 bits per heavy atom. The molecule has 0 atom stereocenters. The Balaban J connectivity index is 2.02. The molecule has 3 aromatic rings. The Bertz CT molecular complexity index is 1020. The van der Waals surface area contributed by atoms with E-state index >= 15 is 0 Å². The Morgan fingerprint density at radius 2 is 1.96 bits per heavy atom. The second-order valence-corrected chi connectivity index (χ2v) is 5.78. The van der Waals surface area contributed by atoms with Gasteiger partial charge in [-0.25, -0.2) is 4.79 Å². The van der Waals surface area contributed by atoms with Crippen molar-refractivity contribution in [3.63, 3.8) is 0 Å². The highest BCUT2D eigenvalue weighted by Crippen LogP contribution is 2.36. The van der Waals surface area contributed by atoms with Crippen LogP contribution >= 0.6 is 11.6 Å². The maximum Gasteiger partial charge on any atom is 0.339 e. The summed E-state index contributed by atoms with van der Waals surface area (Å²) in [6, 6.07) is 9.74. The number of esters is 1. The molecule has 27 heavy (non-hydrogen) atoms. The number of aromatic nitrogens is 1. The van der Waals surface area contributed by atoms with E-state index in [2.05, 4.69) is 15.0 Å². The molecule has 8 heteroatoms. The smallest absolute Gasteiger partial charge is 0.339 e. The van der Waals surface area contributed by atoms with Crippen LogP contribution in [-0.4, -0.2) is 31.6 Å². The fraction of sp³-hybridized carbons (Fsp3) is 0.105. The van der Waals surface area contributed by atoms with Gasteiger partial charge in [-0.15, -0.1) is 0 Å². The van der Waals surface area contributed by atoms with E-state index in [1.54, 1.807) is 30.5 Å². The Hall–Kier alpha value is -3.32. The molecule has 138 valence electrons. The number of amides is 1. The van der Waals surface area contributed by atoms with Crippen LogP contribution in [0.1, 0.15) is 10.4 Å². The lowest BCUT2D eigenvalue weighted by Crippen LogP contribution is -2.02. The first-order valence-corrected chi connectivity index (χ1v) is 8.17. The van der Waals surface area contributed by atoms with E-state index in [9.17, 15) is 9.59 Å². The van der Waals surface area contributed by atoms with Gasteiger partial charge < -0.3 is 19.5 Å². The number of nitrogens with zero attached hydrogens (tertiary/aromatic N) is 1. The zero-order chi connectivity index (χ0) is 19.4. The first-order chi connectivity index (χ1) is 13.1. The molecule has 0 fully saturated rings. The van der Waals surface area contributed by atoms with Crippen molar-refractivity contribution in [2.24, 2.45) is 0 Å². The summed E-state index contributed by atoms with van der Waals surface area (Å²) >= 11 is 6.13. The zero-order valence-corrected chi connectivity index (χ0v) is 15.2. The van der Waals surface area contributed by atoms with Crippen molar-refractivity contribution in [1.29, 1.82) is 0 Å². The number of halogens is 1. The van der Waals surface area contributed by atoms with Crippen molar-refractivity contribution in [1.82, 2.24) is 4.98 Å². The van der Waals surface area contributed by atoms with Crippen molar-refractivity contribution in [2.75, 3.05) is 19.5 Å². The number of nitrogens with one attached hydrogen (secondary N) is 1. The molecule has 0 aliphatic rings. The third-order valence-corrected chi connectivity index (χ3v) is 4.12. The monoisotopic (exact) mass is 386 g/mol. The summed E-state index contributed by atoms with van der Waals surface area (Å²) in [4.78, 5) is 26.8. The fourth-order valence-corrected chi connectivity index (χ4v) is 2.79. The molecule has 0 spiro atoms. The summed E-state index contributed by atoms with van der Waals surface area (Å²) in [7, 11) is 2.79. The highest BCUT2D eigenvalue weighted by Gasteiger charge is 2.14. The number of ether oxygens (including phenoxy) is 3. The molecule has 0 aliphatic carbocycles. The highest BCUT2D eigenvalue weighted by molar-refractivity contribution is 6.33. The van der Waals surface area contributed by atoms with Gasteiger partial charge in [-0.2, -0.15) is 0 Å². The molecule has 7 nitrogen and oxygen atoms in total. The molecule has 0 saturated carbocycles. The van der Waals surface area contributed by atoms with E-state index in [1.807, 2.05) is 0 Å². The number of hydrogen-bond acceptors (Lipinski definition) is 6. The number of benzene rings is 2. The lowest BCUT2D eigenvalue weighted by atomic mass is 10.1. The van der Waals surface area contributed by atoms with Crippen LogP contribution in [0.5, 0.6) is 17.2 Å². The second-order valence-electron chi connectivity index (χ2n) is 5.38. The quantitative estimate of drug-likeness (QED) is 0.508. The van der Waals surface area contributed by atoms with Gasteiger partial charge >= 0.3 is 5.97 Å². The molecule has 2 aromatic carbocycles. The SMILES string of the molecule is COC(=O)c1ccc(Oc2ccnc3cc(OC)c(NC=O)cc23)cc1Cl. The fourth-order valence-electron chi connectivity index (χ4n) is 2.54. The molecule has 1 aromatic heterocycles. The average molecular weight is 387 g/mol. The van der Waals surface area contributed by atoms with E-state index in [4.69, 9.17) is 21.1 Å². The molecule has 0 saturated heterocycles. The van der Waals surface area contributed by atoms with Crippen molar-refractivity contribution in [3.05, 3.63) is 53.2 Å². The second kappa shape index (κ2) is 7.92. The minimum Gasteiger partial charge on any atom is -0.494 e. The predicted molar refractivity (Wildman–Crippen MR) is 101 cm³/mol. The van der Waals surface area contributed by atoms with E-state index in [0.29, 0.717) is 40.2 Å². The van der Waals surface area contributed by atoms with Crippen molar-refractivity contribution in [3.8, 4) is 17.2 Å². The summed E-state index contributed by atoms with van der Waals surface area (Å²) in [6.45, 7) is 0. The minimum atomic E-state index is -0.530. The number of methoxy groups -OCH3 is 2. The van der Waals surface area contributed by atoms with E-state index in [-0.39, 0.29) is 10.6 Å². The van der Waals surface area contributed by atoms with E-state index in [0.717, 1.165) is 0 Å². The number of carbonyl (C=O) groups is 2. The van der Waals surface area contributed by atoms with Gasteiger partial charge in [0.05, 0.1) is 36.0 Å². The number of rotatable bonds is 6. The molecule has 1 N–H and O–H groups in total. The maximum absolute atomic E-state index is 11.6. The maximum atomic E-state index is 11.6. The van der Waals surface area contributed by atoms with Crippen LogP contribution in [-0.2, 0) is 9.53 Å². The zero-order valence-electron chi connectivity index (χ0n) is 14.5. The van der Waals surface area contributed by atoms with Gasteiger partial charge in [-0.3, -0.25) is 9.78 Å². The molecule has 1 amide bonds. The Morgan fingerprint density at radius 3 is 2.63 bits per heavy atom. The van der Waals surface area contributed by atoms with Gasteiger partial charge in [0.15, 0.2) is 0 Å².